The van der Waals surface area contributed by atoms with Gasteiger partial charge in [-0.1, -0.05) is 35.3 Å². The maximum atomic E-state index is 9.63. The number of fused-ring (bicyclic) bond motifs is 3. The van der Waals surface area contributed by atoms with Crippen molar-refractivity contribution in [2.24, 2.45) is 0 Å². The van der Waals surface area contributed by atoms with Crippen LogP contribution in [0.15, 0.2) is 42.6 Å². The van der Waals surface area contributed by atoms with Gasteiger partial charge in [0.2, 0.25) is 0 Å². The Morgan fingerprint density at radius 2 is 1.97 bits per heavy atom. The van der Waals surface area contributed by atoms with Crippen molar-refractivity contribution in [2.75, 3.05) is 20.8 Å². The summed E-state index contributed by atoms with van der Waals surface area (Å²) in [5.41, 5.74) is 2.47. The number of para-hydroxylation sites is 1. The molecular formula is C21H20Cl2N2O4. The van der Waals surface area contributed by atoms with E-state index in [1.165, 1.54) is 0 Å². The molecule has 0 spiro atoms. The van der Waals surface area contributed by atoms with E-state index in [-0.39, 0.29) is 6.61 Å². The Hall–Kier alpha value is -2.25. The molecular weight excluding hydrogens is 415 g/mol. The lowest BCUT2D eigenvalue weighted by atomic mass is 9.98. The number of halogens is 2. The van der Waals surface area contributed by atoms with E-state index in [4.69, 9.17) is 37.4 Å². The summed E-state index contributed by atoms with van der Waals surface area (Å²) in [5, 5.41) is 10.6. The van der Waals surface area contributed by atoms with Crippen molar-refractivity contribution in [1.82, 2.24) is 9.55 Å². The van der Waals surface area contributed by atoms with Gasteiger partial charge in [-0.3, -0.25) is 4.57 Å². The molecule has 2 atom stereocenters. The first-order valence-corrected chi connectivity index (χ1v) is 9.84. The van der Waals surface area contributed by atoms with Crippen molar-refractivity contribution < 1.29 is 19.3 Å². The highest BCUT2D eigenvalue weighted by Gasteiger charge is 2.34. The lowest BCUT2D eigenvalue weighted by molar-refractivity contribution is -0.00957. The molecule has 0 bridgehead atoms. The van der Waals surface area contributed by atoms with Gasteiger partial charge in [-0.25, -0.2) is 4.98 Å². The molecule has 0 aliphatic carbocycles. The Morgan fingerprint density at radius 3 is 2.69 bits per heavy atom. The molecule has 8 heteroatoms. The SMILES string of the molecule is COc1cccc([C@H]2O[C@H](CCO)c3nc(Cl)cn3-c3ccc(Cl)cc32)c1OC. The van der Waals surface area contributed by atoms with E-state index < -0.39 is 12.2 Å². The van der Waals surface area contributed by atoms with Crippen LogP contribution in [0.1, 0.15) is 35.6 Å². The van der Waals surface area contributed by atoms with Crippen molar-refractivity contribution in [2.45, 2.75) is 18.6 Å². The third kappa shape index (κ3) is 3.57. The van der Waals surface area contributed by atoms with Crippen LogP contribution in [0.2, 0.25) is 10.2 Å². The van der Waals surface area contributed by atoms with Crippen molar-refractivity contribution >= 4 is 23.2 Å². The molecule has 29 heavy (non-hydrogen) atoms. The number of imidazole rings is 1. The molecule has 1 aromatic heterocycles. The van der Waals surface area contributed by atoms with Crippen molar-refractivity contribution in [3.8, 4) is 17.2 Å². The highest BCUT2D eigenvalue weighted by Crippen LogP contribution is 2.46. The van der Waals surface area contributed by atoms with Crippen LogP contribution in [0, 0.1) is 0 Å². The molecule has 2 aromatic carbocycles. The molecule has 0 amide bonds. The molecule has 1 aliphatic rings. The quantitative estimate of drug-likeness (QED) is 0.627. The minimum absolute atomic E-state index is 0.0613. The predicted molar refractivity (Wildman–Crippen MR) is 111 cm³/mol. The summed E-state index contributed by atoms with van der Waals surface area (Å²) >= 11 is 12.5. The van der Waals surface area contributed by atoms with E-state index in [1.54, 1.807) is 20.4 Å². The third-order valence-electron chi connectivity index (χ3n) is 4.93. The van der Waals surface area contributed by atoms with E-state index in [2.05, 4.69) is 4.98 Å². The van der Waals surface area contributed by atoms with Gasteiger partial charge in [-0.05, 0) is 24.3 Å². The summed E-state index contributed by atoms with van der Waals surface area (Å²) in [4.78, 5) is 4.44. The zero-order chi connectivity index (χ0) is 20.5. The summed E-state index contributed by atoms with van der Waals surface area (Å²) in [5.74, 6) is 1.80. The first-order valence-electron chi connectivity index (χ1n) is 9.09. The predicted octanol–water partition coefficient (Wildman–Crippen LogP) is 4.74. The van der Waals surface area contributed by atoms with Crippen molar-refractivity contribution in [3.05, 3.63) is 69.7 Å². The minimum Gasteiger partial charge on any atom is -0.493 e. The molecule has 1 N–H and O–H groups in total. The van der Waals surface area contributed by atoms with Gasteiger partial charge in [0.15, 0.2) is 11.5 Å². The van der Waals surface area contributed by atoms with Crippen molar-refractivity contribution in [3.63, 3.8) is 0 Å². The number of aliphatic hydroxyl groups is 1. The van der Waals surface area contributed by atoms with Crippen LogP contribution >= 0.6 is 23.2 Å². The maximum absolute atomic E-state index is 9.63. The van der Waals surface area contributed by atoms with Gasteiger partial charge in [-0.15, -0.1) is 0 Å². The molecule has 1 aliphatic heterocycles. The molecule has 0 saturated carbocycles. The average Bonchev–Trinajstić information content (AvgIpc) is 3.06. The summed E-state index contributed by atoms with van der Waals surface area (Å²) in [6.07, 6.45) is 1.09. The normalized spacial score (nSPS) is 18.0. The second-order valence-electron chi connectivity index (χ2n) is 6.59. The highest BCUT2D eigenvalue weighted by atomic mass is 35.5. The summed E-state index contributed by atoms with van der Waals surface area (Å²) in [7, 11) is 3.18. The number of aromatic nitrogens is 2. The lowest BCUT2D eigenvalue weighted by Crippen LogP contribution is -2.13. The second-order valence-corrected chi connectivity index (χ2v) is 7.42. The third-order valence-corrected chi connectivity index (χ3v) is 5.35. The fourth-order valence-corrected chi connectivity index (χ4v) is 4.08. The van der Waals surface area contributed by atoms with E-state index in [9.17, 15) is 5.11 Å². The van der Waals surface area contributed by atoms with Crippen LogP contribution in [0.4, 0.5) is 0 Å². The van der Waals surface area contributed by atoms with Gasteiger partial charge in [0.25, 0.3) is 0 Å². The molecule has 6 nitrogen and oxygen atoms in total. The molecule has 4 rings (SSSR count). The molecule has 0 saturated heterocycles. The van der Waals surface area contributed by atoms with E-state index in [0.717, 1.165) is 16.8 Å². The van der Waals surface area contributed by atoms with Crippen molar-refractivity contribution in [1.29, 1.82) is 0 Å². The molecule has 0 radical (unpaired) electrons. The Kier molecular flexibility index (Phi) is 5.69. The van der Waals surface area contributed by atoms with Gasteiger partial charge in [0.1, 0.15) is 23.2 Å². The van der Waals surface area contributed by atoms with Gasteiger partial charge in [-0.2, -0.15) is 0 Å². The summed E-state index contributed by atoms with van der Waals surface area (Å²) in [6.45, 7) is -0.0613. The molecule has 2 heterocycles. The smallest absolute Gasteiger partial charge is 0.166 e. The maximum Gasteiger partial charge on any atom is 0.166 e. The van der Waals surface area contributed by atoms with Crippen LogP contribution in [0.5, 0.6) is 11.5 Å². The highest BCUT2D eigenvalue weighted by molar-refractivity contribution is 6.30. The largest absolute Gasteiger partial charge is 0.493 e. The molecule has 0 unspecified atom stereocenters. The average molecular weight is 435 g/mol. The fourth-order valence-electron chi connectivity index (χ4n) is 3.71. The number of ether oxygens (including phenoxy) is 3. The summed E-state index contributed by atoms with van der Waals surface area (Å²) in [6, 6.07) is 11.2. The van der Waals surface area contributed by atoms with Crippen LogP contribution in [0.25, 0.3) is 5.69 Å². The van der Waals surface area contributed by atoms with Gasteiger partial charge in [0.05, 0.1) is 19.9 Å². The topological polar surface area (TPSA) is 65.7 Å². The molecule has 152 valence electrons. The second kappa shape index (κ2) is 8.24. The zero-order valence-electron chi connectivity index (χ0n) is 15.9. The standard InChI is InChI=1S/C21H20Cl2N2O4/c1-27-16-5-3-4-13(20(16)28-2)19-14-10-12(22)6-7-15(14)25-11-18(23)24-21(25)17(29-19)8-9-26/h3-7,10-11,17,19,26H,8-9H2,1-2H3/t17-,19-/m1/s1. The Balaban J connectivity index is 1.97. The van der Waals surface area contributed by atoms with Gasteiger partial charge < -0.3 is 19.3 Å². The van der Waals surface area contributed by atoms with E-state index >= 15 is 0 Å². The Bertz CT molecular complexity index is 1040. The monoisotopic (exact) mass is 434 g/mol. The van der Waals surface area contributed by atoms with Crippen LogP contribution in [0.3, 0.4) is 0 Å². The Labute approximate surface area is 178 Å². The first kappa shape index (κ1) is 20.0. The zero-order valence-corrected chi connectivity index (χ0v) is 17.4. The van der Waals surface area contributed by atoms with Crippen LogP contribution < -0.4 is 9.47 Å². The number of nitrogens with zero attached hydrogens (tertiary/aromatic N) is 2. The minimum atomic E-state index is -0.522. The number of methoxy groups -OCH3 is 2. The van der Waals surface area contributed by atoms with E-state index in [0.29, 0.717) is 33.9 Å². The molecule has 3 aromatic rings. The van der Waals surface area contributed by atoms with Gasteiger partial charge in [0, 0.05) is 35.4 Å². The summed E-state index contributed by atoms with van der Waals surface area (Å²) < 4.78 is 19.5. The lowest BCUT2D eigenvalue weighted by Gasteiger charge is -2.24. The first-order chi connectivity index (χ1) is 14.1. The number of hydrogen-bond acceptors (Lipinski definition) is 5. The molecule has 0 fully saturated rings. The number of benzene rings is 2. The Morgan fingerprint density at radius 1 is 1.14 bits per heavy atom. The van der Waals surface area contributed by atoms with E-state index in [1.807, 2.05) is 41.0 Å². The van der Waals surface area contributed by atoms with Crippen LogP contribution in [-0.4, -0.2) is 35.5 Å². The number of aliphatic hydroxyl groups excluding tert-OH is 1. The fraction of sp³-hybridized carbons (Fsp3) is 0.286. The van der Waals surface area contributed by atoms with Crippen LogP contribution in [-0.2, 0) is 4.74 Å². The van der Waals surface area contributed by atoms with Gasteiger partial charge >= 0.3 is 0 Å². The number of rotatable bonds is 5. The number of hydrogen-bond donors (Lipinski definition) is 1.